The molecule has 0 saturated carbocycles. The predicted octanol–water partition coefficient (Wildman–Crippen LogP) is 2.98. The number of amides is 1. The number of rotatable bonds is 3. The zero-order chi connectivity index (χ0) is 14.7. The van der Waals surface area contributed by atoms with Gasteiger partial charge in [-0.1, -0.05) is 0 Å². The van der Waals surface area contributed by atoms with Crippen molar-refractivity contribution < 1.29 is 13.9 Å². The van der Waals surface area contributed by atoms with Crippen molar-refractivity contribution in [3.05, 3.63) is 53.3 Å². The smallest absolute Gasteiger partial charge is 0.255 e. The largest absolute Gasteiger partial charge is 0.496 e. The van der Waals surface area contributed by atoms with Crippen LogP contribution < -0.4 is 15.8 Å². The van der Waals surface area contributed by atoms with E-state index in [-0.39, 0.29) is 11.6 Å². The highest BCUT2D eigenvalue weighted by atomic mass is 19.1. The Morgan fingerprint density at radius 3 is 2.60 bits per heavy atom. The number of ether oxygens (including phenoxy) is 1. The number of nitrogen functional groups attached to an aromatic ring is 1. The average Bonchev–Trinajstić information content (AvgIpc) is 2.42. The molecule has 2 rings (SSSR count). The summed E-state index contributed by atoms with van der Waals surface area (Å²) in [6, 6.07) is 9.16. The molecule has 0 bridgehead atoms. The fraction of sp³-hybridized carbons (Fsp3) is 0.133. The lowest BCUT2D eigenvalue weighted by Gasteiger charge is -2.09. The number of nitrogens with two attached hydrogens (primary N) is 1. The van der Waals surface area contributed by atoms with Gasteiger partial charge in [0, 0.05) is 11.3 Å². The molecule has 104 valence electrons. The SMILES string of the molecule is COc1ccc(NC(=O)c2ccc(F)c(N)c2)cc1C. The summed E-state index contributed by atoms with van der Waals surface area (Å²) in [6.45, 7) is 1.88. The first-order valence-electron chi connectivity index (χ1n) is 6.02. The number of methoxy groups -OCH3 is 1. The van der Waals surface area contributed by atoms with E-state index in [2.05, 4.69) is 5.32 Å². The van der Waals surface area contributed by atoms with Gasteiger partial charge < -0.3 is 15.8 Å². The number of halogens is 1. The molecule has 4 nitrogen and oxygen atoms in total. The van der Waals surface area contributed by atoms with Gasteiger partial charge in [0.05, 0.1) is 12.8 Å². The van der Waals surface area contributed by atoms with Crippen molar-refractivity contribution in [3.63, 3.8) is 0 Å². The lowest BCUT2D eigenvalue weighted by Crippen LogP contribution is -2.12. The minimum atomic E-state index is -0.540. The lowest BCUT2D eigenvalue weighted by molar-refractivity contribution is 0.102. The van der Waals surface area contributed by atoms with Crippen molar-refractivity contribution in [1.29, 1.82) is 0 Å². The lowest BCUT2D eigenvalue weighted by atomic mass is 10.1. The third-order valence-electron chi connectivity index (χ3n) is 2.91. The van der Waals surface area contributed by atoms with Gasteiger partial charge in [0.2, 0.25) is 0 Å². The number of hydrogen-bond donors (Lipinski definition) is 2. The fourth-order valence-corrected chi connectivity index (χ4v) is 1.84. The van der Waals surface area contributed by atoms with Crippen LogP contribution in [0.1, 0.15) is 15.9 Å². The summed E-state index contributed by atoms with van der Waals surface area (Å²) in [5.41, 5.74) is 7.23. The topological polar surface area (TPSA) is 64.3 Å². The number of carbonyl (C=O) groups excluding carboxylic acids is 1. The number of nitrogens with one attached hydrogen (secondary N) is 1. The number of aryl methyl sites for hydroxylation is 1. The average molecular weight is 274 g/mol. The van der Waals surface area contributed by atoms with Gasteiger partial charge in [0.1, 0.15) is 11.6 Å². The molecular weight excluding hydrogens is 259 g/mol. The van der Waals surface area contributed by atoms with E-state index in [0.717, 1.165) is 11.3 Å². The van der Waals surface area contributed by atoms with Crippen molar-refractivity contribution in [2.75, 3.05) is 18.2 Å². The quantitative estimate of drug-likeness (QED) is 0.846. The Balaban J connectivity index is 2.19. The second-order valence-electron chi connectivity index (χ2n) is 4.37. The Morgan fingerprint density at radius 1 is 1.25 bits per heavy atom. The van der Waals surface area contributed by atoms with Crippen LogP contribution in [-0.4, -0.2) is 13.0 Å². The molecule has 0 aliphatic heterocycles. The second kappa shape index (κ2) is 5.61. The molecular formula is C15H15FN2O2. The van der Waals surface area contributed by atoms with Crippen molar-refractivity contribution in [2.24, 2.45) is 0 Å². The number of carbonyl (C=O) groups is 1. The first-order valence-corrected chi connectivity index (χ1v) is 6.02. The monoisotopic (exact) mass is 274 g/mol. The summed E-state index contributed by atoms with van der Waals surface area (Å²) in [7, 11) is 1.59. The van der Waals surface area contributed by atoms with E-state index in [1.165, 1.54) is 18.2 Å². The van der Waals surface area contributed by atoms with E-state index in [9.17, 15) is 9.18 Å². The summed E-state index contributed by atoms with van der Waals surface area (Å²) in [6.07, 6.45) is 0. The van der Waals surface area contributed by atoms with Crippen LogP contribution in [0.4, 0.5) is 15.8 Å². The normalized spacial score (nSPS) is 10.2. The zero-order valence-electron chi connectivity index (χ0n) is 11.2. The number of benzene rings is 2. The summed E-state index contributed by atoms with van der Waals surface area (Å²) < 4.78 is 18.2. The van der Waals surface area contributed by atoms with Gasteiger partial charge in [-0.15, -0.1) is 0 Å². The molecule has 0 spiro atoms. The predicted molar refractivity (Wildman–Crippen MR) is 76.5 cm³/mol. The highest BCUT2D eigenvalue weighted by Gasteiger charge is 2.09. The van der Waals surface area contributed by atoms with Crippen molar-refractivity contribution >= 4 is 17.3 Å². The van der Waals surface area contributed by atoms with Gasteiger partial charge in [-0.3, -0.25) is 4.79 Å². The van der Waals surface area contributed by atoms with E-state index in [4.69, 9.17) is 10.5 Å². The summed E-state index contributed by atoms with van der Waals surface area (Å²) >= 11 is 0. The van der Waals surface area contributed by atoms with E-state index in [1.807, 2.05) is 6.92 Å². The molecule has 0 aromatic heterocycles. The molecule has 0 fully saturated rings. The molecule has 0 unspecified atom stereocenters. The maximum absolute atomic E-state index is 13.1. The first kappa shape index (κ1) is 13.9. The van der Waals surface area contributed by atoms with Crippen LogP contribution in [0.3, 0.4) is 0 Å². The van der Waals surface area contributed by atoms with Crippen molar-refractivity contribution in [2.45, 2.75) is 6.92 Å². The summed E-state index contributed by atoms with van der Waals surface area (Å²) in [4.78, 5) is 12.0. The standard InChI is InChI=1S/C15H15FN2O2/c1-9-7-11(4-6-14(9)20-2)18-15(19)10-3-5-12(16)13(17)8-10/h3-8H,17H2,1-2H3,(H,18,19). The van der Waals surface area contributed by atoms with Gasteiger partial charge in [-0.05, 0) is 48.9 Å². The van der Waals surface area contributed by atoms with Crippen LogP contribution in [0.25, 0.3) is 0 Å². The van der Waals surface area contributed by atoms with E-state index in [0.29, 0.717) is 11.3 Å². The Hall–Kier alpha value is -2.56. The van der Waals surface area contributed by atoms with Crippen LogP contribution in [0, 0.1) is 12.7 Å². The molecule has 20 heavy (non-hydrogen) atoms. The Labute approximate surface area is 116 Å². The van der Waals surface area contributed by atoms with E-state index in [1.54, 1.807) is 25.3 Å². The van der Waals surface area contributed by atoms with Crippen LogP contribution in [-0.2, 0) is 0 Å². The van der Waals surface area contributed by atoms with E-state index < -0.39 is 5.82 Å². The molecule has 0 aliphatic rings. The van der Waals surface area contributed by atoms with E-state index >= 15 is 0 Å². The van der Waals surface area contributed by atoms with Crippen molar-refractivity contribution in [3.8, 4) is 5.75 Å². The molecule has 0 saturated heterocycles. The molecule has 0 atom stereocenters. The number of anilines is 2. The van der Waals surface area contributed by atoms with Gasteiger partial charge in [0.25, 0.3) is 5.91 Å². The Morgan fingerprint density at radius 2 is 2.00 bits per heavy atom. The molecule has 1 amide bonds. The highest BCUT2D eigenvalue weighted by Crippen LogP contribution is 2.22. The third-order valence-corrected chi connectivity index (χ3v) is 2.91. The fourth-order valence-electron chi connectivity index (χ4n) is 1.84. The first-order chi connectivity index (χ1) is 9.51. The maximum Gasteiger partial charge on any atom is 0.255 e. The van der Waals surface area contributed by atoms with Gasteiger partial charge in [0.15, 0.2) is 0 Å². The second-order valence-corrected chi connectivity index (χ2v) is 4.37. The van der Waals surface area contributed by atoms with Gasteiger partial charge in [-0.25, -0.2) is 4.39 Å². The Bertz CT molecular complexity index is 656. The maximum atomic E-state index is 13.1. The zero-order valence-corrected chi connectivity index (χ0v) is 11.2. The molecule has 0 radical (unpaired) electrons. The molecule has 0 heterocycles. The highest BCUT2D eigenvalue weighted by molar-refractivity contribution is 6.04. The van der Waals surface area contributed by atoms with Crippen LogP contribution in [0.5, 0.6) is 5.75 Å². The van der Waals surface area contributed by atoms with Gasteiger partial charge >= 0.3 is 0 Å². The minimum Gasteiger partial charge on any atom is -0.496 e. The van der Waals surface area contributed by atoms with Crippen LogP contribution in [0.15, 0.2) is 36.4 Å². The Kier molecular flexibility index (Phi) is 3.89. The number of hydrogen-bond acceptors (Lipinski definition) is 3. The summed E-state index contributed by atoms with van der Waals surface area (Å²) in [5, 5.41) is 2.72. The molecule has 5 heteroatoms. The van der Waals surface area contributed by atoms with Crippen LogP contribution in [0.2, 0.25) is 0 Å². The summed E-state index contributed by atoms with van der Waals surface area (Å²) in [5.74, 6) is -0.142. The molecule has 2 aromatic rings. The third kappa shape index (κ3) is 2.88. The van der Waals surface area contributed by atoms with Crippen molar-refractivity contribution in [1.82, 2.24) is 0 Å². The van der Waals surface area contributed by atoms with Crippen LogP contribution >= 0.6 is 0 Å². The molecule has 3 N–H and O–H groups in total. The molecule has 2 aromatic carbocycles. The molecule has 0 aliphatic carbocycles. The van der Waals surface area contributed by atoms with Gasteiger partial charge in [-0.2, -0.15) is 0 Å². The minimum absolute atomic E-state index is 0.0523.